The van der Waals surface area contributed by atoms with Gasteiger partial charge < -0.3 is 25.4 Å². The third-order valence-corrected chi connectivity index (χ3v) is 9.82. The first-order valence-electron chi connectivity index (χ1n) is 15.9. The van der Waals surface area contributed by atoms with Crippen LogP contribution < -0.4 is 15.2 Å². The number of carbonyl (C=O) groups is 2. The maximum atomic E-state index is 13.5. The molecule has 1 aromatic heterocycles. The minimum atomic E-state index is -5.08. The SMILES string of the molecule is COc1cc(C(CC(=O)O)c2ccc(C)c(CN(C)S(=O)(=O)c3ccc(OCCCCCCN)cc3)c2)cc2nnn(C)c12.O=C(O)C(F)(F)F. The van der Waals surface area contributed by atoms with Crippen LogP contribution in [0, 0.1) is 6.92 Å². The Balaban J connectivity index is 0.000000908. The van der Waals surface area contributed by atoms with Crippen LogP contribution in [0.1, 0.15) is 60.3 Å². The van der Waals surface area contributed by atoms with Gasteiger partial charge in [-0.3, -0.25) is 4.79 Å². The van der Waals surface area contributed by atoms with Crippen molar-refractivity contribution >= 4 is 33.0 Å². The van der Waals surface area contributed by atoms with Crippen LogP contribution in [0.5, 0.6) is 11.5 Å². The molecule has 0 aliphatic carbocycles. The van der Waals surface area contributed by atoms with Crippen LogP contribution in [0.15, 0.2) is 59.5 Å². The topological polar surface area (TPSA) is 187 Å². The molecule has 0 aliphatic heterocycles. The highest BCUT2D eigenvalue weighted by atomic mass is 32.2. The number of methoxy groups -OCH3 is 1. The van der Waals surface area contributed by atoms with E-state index in [9.17, 15) is 31.5 Å². The zero-order chi connectivity index (χ0) is 37.9. The summed E-state index contributed by atoms with van der Waals surface area (Å²) in [5.74, 6) is -3.09. The number of fused-ring (bicyclic) bond motifs is 1. The maximum Gasteiger partial charge on any atom is 0.490 e. The number of nitrogens with zero attached hydrogens (tertiary/aromatic N) is 4. The van der Waals surface area contributed by atoms with Crippen molar-refractivity contribution in [1.82, 2.24) is 19.3 Å². The number of aromatic nitrogens is 3. The molecule has 0 saturated carbocycles. The Kier molecular flexibility index (Phi) is 14.3. The average Bonchev–Trinajstić information content (AvgIpc) is 3.46. The van der Waals surface area contributed by atoms with Gasteiger partial charge in [-0.25, -0.2) is 17.9 Å². The van der Waals surface area contributed by atoms with E-state index in [1.165, 1.54) is 11.4 Å². The lowest BCUT2D eigenvalue weighted by atomic mass is 9.86. The maximum absolute atomic E-state index is 13.5. The number of carboxylic acids is 2. The Bertz CT molecular complexity index is 1900. The highest BCUT2D eigenvalue weighted by molar-refractivity contribution is 7.89. The molecule has 0 saturated heterocycles. The van der Waals surface area contributed by atoms with Gasteiger partial charge in [-0.15, -0.1) is 5.10 Å². The predicted octanol–water partition coefficient (Wildman–Crippen LogP) is 5.24. The van der Waals surface area contributed by atoms with E-state index in [1.807, 2.05) is 37.3 Å². The monoisotopic (exact) mass is 737 g/mol. The second-order valence-corrected chi connectivity index (χ2v) is 13.8. The van der Waals surface area contributed by atoms with Crippen molar-refractivity contribution in [2.45, 2.75) is 62.6 Å². The van der Waals surface area contributed by atoms with E-state index in [1.54, 1.807) is 43.1 Å². The molecule has 4 N–H and O–H groups in total. The number of benzene rings is 3. The lowest BCUT2D eigenvalue weighted by molar-refractivity contribution is -0.192. The molecule has 4 aromatic rings. The summed E-state index contributed by atoms with van der Waals surface area (Å²) in [6.07, 6.45) is -1.23. The summed E-state index contributed by atoms with van der Waals surface area (Å²) >= 11 is 0. The summed E-state index contributed by atoms with van der Waals surface area (Å²) in [4.78, 5) is 21.0. The van der Waals surface area contributed by atoms with Gasteiger partial charge in [0.25, 0.3) is 0 Å². The molecule has 278 valence electrons. The molecule has 1 unspecified atom stereocenters. The predicted molar refractivity (Wildman–Crippen MR) is 182 cm³/mol. The molecule has 1 atom stereocenters. The van der Waals surface area contributed by atoms with E-state index >= 15 is 0 Å². The van der Waals surface area contributed by atoms with E-state index in [2.05, 4.69) is 10.3 Å². The van der Waals surface area contributed by atoms with Gasteiger partial charge in [-0.1, -0.05) is 36.3 Å². The Morgan fingerprint density at radius 3 is 2.24 bits per heavy atom. The summed E-state index contributed by atoms with van der Waals surface area (Å²) < 4.78 is 72.9. The van der Waals surface area contributed by atoms with Gasteiger partial charge in [0.1, 0.15) is 22.5 Å². The first-order valence-corrected chi connectivity index (χ1v) is 17.3. The number of alkyl halides is 3. The number of sulfonamides is 1. The van der Waals surface area contributed by atoms with Crippen LogP contribution in [-0.4, -0.2) is 83.4 Å². The van der Waals surface area contributed by atoms with Crippen LogP contribution in [0.2, 0.25) is 0 Å². The summed E-state index contributed by atoms with van der Waals surface area (Å²) in [7, 11) is 1.04. The van der Waals surface area contributed by atoms with Crippen molar-refractivity contribution in [2.75, 3.05) is 27.3 Å². The molecule has 0 spiro atoms. The summed E-state index contributed by atoms with van der Waals surface area (Å²) in [5.41, 5.74) is 9.94. The number of hydrogen-bond donors (Lipinski definition) is 3. The minimum Gasteiger partial charge on any atom is -0.494 e. The molecule has 0 fully saturated rings. The van der Waals surface area contributed by atoms with E-state index in [4.69, 9.17) is 25.1 Å². The first kappa shape index (κ1) is 40.7. The number of aryl methyl sites for hydroxylation is 2. The van der Waals surface area contributed by atoms with Crippen LogP contribution in [-0.2, 0) is 33.2 Å². The fraction of sp³-hybridized carbons (Fsp3) is 0.412. The van der Waals surface area contributed by atoms with Crippen molar-refractivity contribution in [3.05, 3.63) is 76.9 Å². The van der Waals surface area contributed by atoms with Crippen molar-refractivity contribution < 1.29 is 50.9 Å². The van der Waals surface area contributed by atoms with E-state index < -0.39 is 34.1 Å². The van der Waals surface area contributed by atoms with Gasteiger partial charge >= 0.3 is 18.1 Å². The Hall–Kier alpha value is -4.74. The molecule has 3 aromatic carbocycles. The Labute approximate surface area is 293 Å². The highest BCUT2D eigenvalue weighted by Crippen LogP contribution is 2.35. The van der Waals surface area contributed by atoms with E-state index in [-0.39, 0.29) is 17.9 Å². The molecule has 0 aliphatic rings. The van der Waals surface area contributed by atoms with E-state index in [0.29, 0.717) is 41.2 Å². The number of unbranched alkanes of at least 4 members (excludes halogenated alkanes) is 3. The molecular weight excluding hydrogens is 695 g/mol. The van der Waals surface area contributed by atoms with Crippen LogP contribution in [0.4, 0.5) is 13.2 Å². The quantitative estimate of drug-likeness (QED) is 0.128. The van der Waals surface area contributed by atoms with Gasteiger partial charge in [0.05, 0.1) is 25.0 Å². The molecule has 51 heavy (non-hydrogen) atoms. The molecular formula is C34H42F3N5O8S. The molecule has 1 heterocycles. The molecule has 4 rings (SSSR count). The number of carboxylic acid groups (broad SMARTS) is 2. The smallest absolute Gasteiger partial charge is 0.490 e. The Morgan fingerprint density at radius 2 is 1.65 bits per heavy atom. The van der Waals surface area contributed by atoms with Crippen LogP contribution in [0.3, 0.4) is 0 Å². The Morgan fingerprint density at radius 1 is 1.00 bits per heavy atom. The molecule has 0 amide bonds. The van der Waals surface area contributed by atoms with Gasteiger partial charge in [0, 0.05) is 26.6 Å². The van der Waals surface area contributed by atoms with Crippen molar-refractivity contribution in [3.8, 4) is 11.5 Å². The molecule has 17 heteroatoms. The van der Waals surface area contributed by atoms with Gasteiger partial charge in [-0.2, -0.15) is 17.5 Å². The fourth-order valence-electron chi connectivity index (χ4n) is 5.22. The number of hydrogen-bond acceptors (Lipinski definition) is 9. The lowest BCUT2D eigenvalue weighted by Crippen LogP contribution is -2.27. The molecule has 0 bridgehead atoms. The minimum absolute atomic E-state index is 0.107. The zero-order valence-electron chi connectivity index (χ0n) is 28.7. The van der Waals surface area contributed by atoms with Crippen molar-refractivity contribution in [3.63, 3.8) is 0 Å². The number of aliphatic carboxylic acids is 2. The van der Waals surface area contributed by atoms with Gasteiger partial charge in [0.15, 0.2) is 0 Å². The highest BCUT2D eigenvalue weighted by Gasteiger charge is 2.38. The van der Waals surface area contributed by atoms with Crippen LogP contribution >= 0.6 is 0 Å². The van der Waals surface area contributed by atoms with Gasteiger partial charge in [-0.05, 0) is 85.0 Å². The third kappa shape index (κ3) is 11.1. The summed E-state index contributed by atoms with van der Waals surface area (Å²) in [5, 5.41) is 25.2. The van der Waals surface area contributed by atoms with Crippen LogP contribution in [0.25, 0.3) is 11.0 Å². The van der Waals surface area contributed by atoms with Crippen molar-refractivity contribution in [1.29, 1.82) is 0 Å². The normalized spacial score (nSPS) is 12.3. The second kappa shape index (κ2) is 18.0. The summed E-state index contributed by atoms with van der Waals surface area (Å²) in [6.45, 7) is 3.27. The molecule has 13 nitrogen and oxygen atoms in total. The molecule has 0 radical (unpaired) electrons. The largest absolute Gasteiger partial charge is 0.494 e. The van der Waals surface area contributed by atoms with Crippen molar-refractivity contribution in [2.24, 2.45) is 12.8 Å². The lowest BCUT2D eigenvalue weighted by Gasteiger charge is -2.22. The fourth-order valence-corrected chi connectivity index (χ4v) is 6.36. The number of ether oxygens (including phenoxy) is 2. The number of halogens is 3. The third-order valence-electron chi connectivity index (χ3n) is 8.00. The number of nitrogens with two attached hydrogens (primary N) is 1. The van der Waals surface area contributed by atoms with Gasteiger partial charge in [0.2, 0.25) is 10.0 Å². The number of rotatable bonds is 16. The van der Waals surface area contributed by atoms with E-state index in [0.717, 1.165) is 42.4 Å². The average molecular weight is 738 g/mol. The standard InChI is InChI=1S/C32H41N5O6S.C2HF3O2/c1-22-9-10-23(28(20-31(38)39)24-18-29-32(30(19-24)42-4)37(3)35-34-29)17-25(22)21-36(2)44(40,41)27-13-11-26(12-14-27)43-16-8-6-5-7-15-33;3-2(4,5)1(6)7/h9-14,17-19,28H,5-8,15-16,20-21,33H2,1-4H3,(H,38,39);(H,6,7). The summed E-state index contributed by atoms with van der Waals surface area (Å²) in [6, 6.07) is 15.7. The first-order chi connectivity index (χ1) is 24.0. The zero-order valence-corrected chi connectivity index (χ0v) is 29.5. The second-order valence-electron chi connectivity index (χ2n) is 11.7.